The SMILES string of the molecule is N=C(N)c1ccc(Sc2cccs2)cn1. The van der Waals surface area contributed by atoms with Gasteiger partial charge >= 0.3 is 0 Å². The summed E-state index contributed by atoms with van der Waals surface area (Å²) in [4.78, 5) is 5.15. The Morgan fingerprint density at radius 1 is 1.40 bits per heavy atom. The molecule has 2 aromatic heterocycles. The lowest BCUT2D eigenvalue weighted by Gasteiger charge is -1.99. The van der Waals surface area contributed by atoms with Crippen molar-refractivity contribution in [3.8, 4) is 0 Å². The van der Waals surface area contributed by atoms with Crippen LogP contribution in [0.1, 0.15) is 5.69 Å². The van der Waals surface area contributed by atoms with E-state index in [-0.39, 0.29) is 5.84 Å². The number of amidine groups is 1. The summed E-state index contributed by atoms with van der Waals surface area (Å²) >= 11 is 3.36. The Morgan fingerprint density at radius 3 is 2.80 bits per heavy atom. The van der Waals surface area contributed by atoms with E-state index in [1.807, 2.05) is 17.5 Å². The van der Waals surface area contributed by atoms with Crippen molar-refractivity contribution in [2.45, 2.75) is 9.10 Å². The molecule has 0 saturated carbocycles. The molecular weight excluding hydrogens is 226 g/mol. The predicted octanol–water partition coefficient (Wildman–Crippen LogP) is 2.58. The summed E-state index contributed by atoms with van der Waals surface area (Å²) < 4.78 is 1.23. The summed E-state index contributed by atoms with van der Waals surface area (Å²) in [6.07, 6.45) is 1.74. The maximum Gasteiger partial charge on any atom is 0.141 e. The molecule has 2 aromatic rings. The van der Waals surface area contributed by atoms with Gasteiger partial charge in [-0.05, 0) is 23.6 Å². The van der Waals surface area contributed by atoms with Crippen LogP contribution < -0.4 is 5.73 Å². The molecule has 3 nitrogen and oxygen atoms in total. The lowest BCUT2D eigenvalue weighted by molar-refractivity contribution is 1.19. The van der Waals surface area contributed by atoms with Gasteiger partial charge in [0.25, 0.3) is 0 Å². The third kappa shape index (κ3) is 2.57. The molecule has 0 saturated heterocycles. The van der Waals surface area contributed by atoms with E-state index < -0.39 is 0 Å². The van der Waals surface area contributed by atoms with Crippen LogP contribution in [-0.2, 0) is 0 Å². The number of nitrogens with zero attached hydrogens (tertiary/aromatic N) is 1. The molecule has 2 heterocycles. The minimum Gasteiger partial charge on any atom is -0.382 e. The highest BCUT2D eigenvalue weighted by atomic mass is 32.2. The fourth-order valence-corrected chi connectivity index (χ4v) is 2.75. The third-order valence-corrected chi connectivity index (χ3v) is 3.74. The van der Waals surface area contributed by atoms with Crippen molar-refractivity contribution in [1.29, 1.82) is 5.41 Å². The molecule has 0 fully saturated rings. The highest BCUT2D eigenvalue weighted by molar-refractivity contribution is 8.01. The first-order valence-corrected chi connectivity index (χ1v) is 5.97. The van der Waals surface area contributed by atoms with Crippen LogP contribution in [0.5, 0.6) is 0 Å². The molecule has 0 amide bonds. The Kier molecular flexibility index (Phi) is 3.03. The summed E-state index contributed by atoms with van der Waals surface area (Å²) in [7, 11) is 0. The van der Waals surface area contributed by atoms with Crippen LogP contribution in [0, 0.1) is 5.41 Å². The van der Waals surface area contributed by atoms with E-state index in [1.54, 1.807) is 35.4 Å². The number of nitrogen functional groups attached to an aromatic ring is 1. The maximum absolute atomic E-state index is 7.21. The zero-order chi connectivity index (χ0) is 10.7. The minimum absolute atomic E-state index is 0.00248. The monoisotopic (exact) mass is 235 g/mol. The van der Waals surface area contributed by atoms with Crippen molar-refractivity contribution in [2.24, 2.45) is 5.73 Å². The lowest BCUT2D eigenvalue weighted by atomic mass is 10.3. The van der Waals surface area contributed by atoms with Crippen molar-refractivity contribution >= 4 is 28.9 Å². The first kappa shape index (κ1) is 10.2. The number of nitrogens with one attached hydrogen (secondary N) is 1. The summed E-state index contributed by atoms with van der Waals surface area (Å²) in [5.74, 6) is 0.00248. The Morgan fingerprint density at radius 2 is 2.27 bits per heavy atom. The predicted molar refractivity (Wildman–Crippen MR) is 63.7 cm³/mol. The highest BCUT2D eigenvalue weighted by Gasteiger charge is 2.00. The van der Waals surface area contributed by atoms with Gasteiger partial charge in [0.15, 0.2) is 0 Å². The molecule has 0 aromatic carbocycles. The zero-order valence-corrected chi connectivity index (χ0v) is 9.44. The average Bonchev–Trinajstić information content (AvgIpc) is 2.71. The topological polar surface area (TPSA) is 62.8 Å². The van der Waals surface area contributed by atoms with Gasteiger partial charge in [0.1, 0.15) is 11.5 Å². The smallest absolute Gasteiger partial charge is 0.141 e. The Labute approximate surface area is 95.9 Å². The molecule has 0 atom stereocenters. The minimum atomic E-state index is 0.00248. The zero-order valence-electron chi connectivity index (χ0n) is 7.81. The van der Waals surface area contributed by atoms with Crippen LogP contribution in [0.4, 0.5) is 0 Å². The molecule has 3 N–H and O–H groups in total. The largest absolute Gasteiger partial charge is 0.382 e. The van der Waals surface area contributed by atoms with Crippen LogP contribution in [0.3, 0.4) is 0 Å². The third-order valence-electron chi connectivity index (χ3n) is 1.73. The van der Waals surface area contributed by atoms with Crippen LogP contribution in [0.15, 0.2) is 44.9 Å². The molecule has 0 aliphatic rings. The van der Waals surface area contributed by atoms with Gasteiger partial charge in [-0.25, -0.2) is 0 Å². The molecule has 0 aliphatic heterocycles. The van der Waals surface area contributed by atoms with E-state index in [4.69, 9.17) is 11.1 Å². The average molecular weight is 235 g/mol. The van der Waals surface area contributed by atoms with Crippen molar-refractivity contribution < 1.29 is 0 Å². The van der Waals surface area contributed by atoms with E-state index in [2.05, 4.69) is 11.1 Å². The van der Waals surface area contributed by atoms with Gasteiger partial charge < -0.3 is 5.73 Å². The number of hydrogen-bond acceptors (Lipinski definition) is 4. The second-order valence-electron chi connectivity index (χ2n) is 2.83. The summed E-state index contributed by atoms with van der Waals surface area (Å²) in [6.45, 7) is 0. The molecule has 0 spiro atoms. The lowest BCUT2D eigenvalue weighted by Crippen LogP contribution is -2.12. The number of thiophene rings is 1. The number of hydrogen-bond donors (Lipinski definition) is 2. The molecule has 2 rings (SSSR count). The Bertz CT molecular complexity index is 448. The van der Waals surface area contributed by atoms with Gasteiger partial charge in [-0.1, -0.05) is 17.8 Å². The summed E-state index contributed by atoms with van der Waals surface area (Å²) in [5, 5.41) is 9.25. The highest BCUT2D eigenvalue weighted by Crippen LogP contribution is 2.30. The fourth-order valence-electron chi connectivity index (χ4n) is 1.04. The Balaban J connectivity index is 2.14. The van der Waals surface area contributed by atoms with Crippen LogP contribution in [-0.4, -0.2) is 10.8 Å². The molecular formula is C10H9N3S2. The van der Waals surface area contributed by atoms with Gasteiger partial charge in [-0.15, -0.1) is 11.3 Å². The number of nitrogens with two attached hydrogens (primary N) is 1. The molecule has 76 valence electrons. The van der Waals surface area contributed by atoms with E-state index in [9.17, 15) is 0 Å². The maximum atomic E-state index is 7.21. The van der Waals surface area contributed by atoms with Crippen LogP contribution >= 0.6 is 23.1 Å². The van der Waals surface area contributed by atoms with E-state index in [1.165, 1.54) is 4.21 Å². The molecule has 0 unspecified atom stereocenters. The number of pyridine rings is 1. The quantitative estimate of drug-likeness (QED) is 0.635. The summed E-state index contributed by atoms with van der Waals surface area (Å²) in [6, 6.07) is 7.77. The molecule has 0 radical (unpaired) electrons. The second-order valence-corrected chi connectivity index (χ2v) is 5.15. The molecule has 15 heavy (non-hydrogen) atoms. The Hall–Kier alpha value is -1.33. The van der Waals surface area contributed by atoms with E-state index >= 15 is 0 Å². The van der Waals surface area contributed by atoms with Crippen LogP contribution in [0.2, 0.25) is 0 Å². The molecule has 0 bridgehead atoms. The first-order chi connectivity index (χ1) is 7.25. The van der Waals surface area contributed by atoms with Gasteiger partial charge in [0.2, 0.25) is 0 Å². The van der Waals surface area contributed by atoms with Crippen molar-refractivity contribution in [3.63, 3.8) is 0 Å². The molecule has 0 aliphatic carbocycles. The standard InChI is InChI=1S/C10H9N3S2/c11-10(12)8-4-3-7(6-13-8)15-9-2-1-5-14-9/h1-6H,(H3,11,12). The number of rotatable bonds is 3. The summed E-state index contributed by atoms with van der Waals surface area (Å²) in [5.41, 5.74) is 5.83. The molecule has 5 heteroatoms. The van der Waals surface area contributed by atoms with Crippen molar-refractivity contribution in [2.75, 3.05) is 0 Å². The van der Waals surface area contributed by atoms with Crippen LogP contribution in [0.25, 0.3) is 0 Å². The van der Waals surface area contributed by atoms with Crippen molar-refractivity contribution in [3.05, 3.63) is 41.5 Å². The van der Waals surface area contributed by atoms with E-state index in [0.29, 0.717) is 5.69 Å². The first-order valence-electron chi connectivity index (χ1n) is 4.27. The normalized spacial score (nSPS) is 10.1. The van der Waals surface area contributed by atoms with Gasteiger partial charge in [0, 0.05) is 11.1 Å². The van der Waals surface area contributed by atoms with E-state index in [0.717, 1.165) is 4.90 Å². The fraction of sp³-hybridized carbons (Fsp3) is 0. The number of aromatic nitrogens is 1. The second kappa shape index (κ2) is 4.46. The van der Waals surface area contributed by atoms with Crippen molar-refractivity contribution in [1.82, 2.24) is 4.98 Å². The van der Waals surface area contributed by atoms with Gasteiger partial charge in [-0.3, -0.25) is 10.4 Å². The van der Waals surface area contributed by atoms with Gasteiger partial charge in [-0.2, -0.15) is 0 Å². The van der Waals surface area contributed by atoms with Gasteiger partial charge in [0.05, 0.1) is 4.21 Å².